The Labute approximate surface area is 168 Å². The molecule has 28 heavy (non-hydrogen) atoms. The lowest BCUT2D eigenvalue weighted by molar-refractivity contribution is 0.476. The molecule has 0 unspecified atom stereocenters. The Morgan fingerprint density at radius 2 is 2.07 bits per heavy atom. The molecule has 0 radical (unpaired) electrons. The van der Waals surface area contributed by atoms with Gasteiger partial charge in [0.2, 0.25) is 0 Å². The van der Waals surface area contributed by atoms with E-state index in [0.29, 0.717) is 34.2 Å². The topological polar surface area (TPSA) is 67.9 Å². The molecule has 0 saturated heterocycles. The summed E-state index contributed by atoms with van der Waals surface area (Å²) < 4.78 is 7.43. The van der Waals surface area contributed by atoms with Crippen molar-refractivity contribution in [2.75, 3.05) is 0 Å². The summed E-state index contributed by atoms with van der Waals surface area (Å²) in [5.41, 5.74) is 1.84. The molecule has 0 amide bonds. The molecule has 0 saturated carbocycles. The van der Waals surface area contributed by atoms with Gasteiger partial charge in [0.15, 0.2) is 0 Å². The van der Waals surface area contributed by atoms with Gasteiger partial charge in [0, 0.05) is 24.5 Å². The maximum Gasteiger partial charge on any atom is 0.269 e. The van der Waals surface area contributed by atoms with E-state index in [1.165, 1.54) is 0 Å². The fraction of sp³-hybridized carbons (Fsp3) is 0.227. The van der Waals surface area contributed by atoms with E-state index >= 15 is 0 Å². The Hall–Kier alpha value is -3.10. The smallest absolute Gasteiger partial charge is 0.269 e. The van der Waals surface area contributed by atoms with Crippen molar-refractivity contribution in [2.24, 2.45) is 0 Å². The number of unbranched alkanes of at least 4 members (excludes halogenated alkanes) is 1. The fourth-order valence-electron chi connectivity index (χ4n) is 2.87. The summed E-state index contributed by atoms with van der Waals surface area (Å²) in [5.74, 6) is 1.10. The zero-order valence-corrected chi connectivity index (χ0v) is 16.5. The molecule has 0 spiro atoms. The molecule has 0 atom stereocenters. The Morgan fingerprint density at radius 1 is 1.25 bits per heavy atom. The average Bonchev–Trinajstić information content (AvgIpc) is 2.70. The van der Waals surface area contributed by atoms with Crippen LogP contribution in [0.25, 0.3) is 11.1 Å². The van der Waals surface area contributed by atoms with Gasteiger partial charge >= 0.3 is 0 Å². The zero-order valence-electron chi connectivity index (χ0n) is 15.8. The van der Waals surface area contributed by atoms with Gasteiger partial charge in [0.05, 0.1) is 10.7 Å². The average molecular weight is 394 g/mol. The Bertz CT molecular complexity index is 1100. The van der Waals surface area contributed by atoms with Crippen LogP contribution in [0.4, 0.5) is 0 Å². The molecular weight excluding hydrogens is 374 g/mol. The van der Waals surface area contributed by atoms with Crippen molar-refractivity contribution in [1.82, 2.24) is 9.55 Å². The highest BCUT2D eigenvalue weighted by molar-refractivity contribution is 6.32. The molecule has 142 valence electrons. The van der Waals surface area contributed by atoms with Gasteiger partial charge in [-0.05, 0) is 49.2 Å². The van der Waals surface area contributed by atoms with Gasteiger partial charge in [-0.2, -0.15) is 5.26 Å². The molecule has 2 aromatic heterocycles. The minimum atomic E-state index is -0.282. The molecule has 0 N–H and O–H groups in total. The van der Waals surface area contributed by atoms with E-state index in [0.717, 1.165) is 18.5 Å². The number of aryl methyl sites for hydroxylation is 2. The maximum atomic E-state index is 12.6. The van der Waals surface area contributed by atoms with Crippen molar-refractivity contribution in [3.8, 4) is 28.7 Å². The molecule has 3 aromatic rings. The summed E-state index contributed by atoms with van der Waals surface area (Å²) in [6.45, 7) is 4.51. The number of pyridine rings is 2. The maximum absolute atomic E-state index is 12.6. The molecule has 6 heteroatoms. The van der Waals surface area contributed by atoms with Crippen LogP contribution in [0, 0.1) is 18.3 Å². The van der Waals surface area contributed by atoms with Crippen molar-refractivity contribution in [3.05, 3.63) is 75.4 Å². The number of hydrogen-bond donors (Lipinski definition) is 0. The first kappa shape index (κ1) is 19.7. The van der Waals surface area contributed by atoms with Crippen LogP contribution in [0.1, 0.15) is 31.0 Å². The van der Waals surface area contributed by atoms with Crippen molar-refractivity contribution in [1.29, 1.82) is 5.26 Å². The number of rotatable bonds is 6. The number of benzene rings is 1. The Balaban J connectivity index is 1.96. The first-order chi connectivity index (χ1) is 13.5. The highest BCUT2D eigenvalue weighted by Gasteiger charge is 2.14. The molecule has 0 aliphatic carbocycles. The van der Waals surface area contributed by atoms with E-state index < -0.39 is 0 Å². The minimum absolute atomic E-state index is 0.117. The van der Waals surface area contributed by atoms with E-state index in [1.54, 1.807) is 47.3 Å². The summed E-state index contributed by atoms with van der Waals surface area (Å²) in [6, 6.07) is 12.7. The number of halogens is 1. The second kappa shape index (κ2) is 8.73. The molecule has 0 bridgehead atoms. The lowest BCUT2D eigenvalue weighted by atomic mass is 10.0. The van der Waals surface area contributed by atoms with Crippen molar-refractivity contribution in [2.45, 2.75) is 33.2 Å². The van der Waals surface area contributed by atoms with Gasteiger partial charge in [-0.15, -0.1) is 0 Å². The van der Waals surface area contributed by atoms with E-state index in [2.05, 4.69) is 11.9 Å². The van der Waals surface area contributed by atoms with Crippen LogP contribution in [-0.4, -0.2) is 9.55 Å². The molecular formula is C22H20ClN3O2. The SMILES string of the molecule is CCCCn1ccc(-c2ccc(Oc3cccnc3C)c(Cl)c2)c(C#N)c1=O. The third-order valence-electron chi connectivity index (χ3n) is 4.45. The van der Waals surface area contributed by atoms with Gasteiger partial charge in [0.25, 0.3) is 5.56 Å². The highest BCUT2D eigenvalue weighted by Crippen LogP contribution is 2.34. The third kappa shape index (κ3) is 4.08. The van der Waals surface area contributed by atoms with Crippen molar-refractivity contribution in [3.63, 3.8) is 0 Å². The summed E-state index contributed by atoms with van der Waals surface area (Å²) in [6.07, 6.45) is 5.28. The summed E-state index contributed by atoms with van der Waals surface area (Å²) in [5, 5.41) is 9.92. The van der Waals surface area contributed by atoms with Gasteiger partial charge in [0.1, 0.15) is 23.1 Å². The second-order valence-electron chi connectivity index (χ2n) is 6.40. The third-order valence-corrected chi connectivity index (χ3v) is 4.75. The molecule has 0 aliphatic rings. The predicted octanol–water partition coefficient (Wildman–Crippen LogP) is 5.34. The van der Waals surface area contributed by atoms with Crippen LogP contribution >= 0.6 is 11.6 Å². The molecule has 1 aromatic carbocycles. The van der Waals surface area contributed by atoms with Crippen LogP contribution in [-0.2, 0) is 6.54 Å². The molecule has 2 heterocycles. The normalized spacial score (nSPS) is 10.5. The van der Waals surface area contributed by atoms with Crippen LogP contribution < -0.4 is 10.3 Å². The van der Waals surface area contributed by atoms with E-state index in [-0.39, 0.29) is 11.1 Å². The largest absolute Gasteiger partial charge is 0.454 e. The number of hydrogen-bond acceptors (Lipinski definition) is 4. The monoisotopic (exact) mass is 393 g/mol. The van der Waals surface area contributed by atoms with Crippen molar-refractivity contribution >= 4 is 11.6 Å². The van der Waals surface area contributed by atoms with E-state index in [1.807, 2.05) is 19.1 Å². The lowest BCUT2D eigenvalue weighted by Gasteiger charge is -2.12. The molecule has 5 nitrogen and oxygen atoms in total. The molecule has 0 fully saturated rings. The van der Waals surface area contributed by atoms with Gasteiger partial charge in [-0.3, -0.25) is 9.78 Å². The molecule has 0 aliphatic heterocycles. The fourth-order valence-corrected chi connectivity index (χ4v) is 3.09. The quantitative estimate of drug-likeness (QED) is 0.567. The number of aromatic nitrogens is 2. The van der Waals surface area contributed by atoms with Gasteiger partial charge in [-0.25, -0.2) is 0 Å². The number of ether oxygens (including phenoxy) is 1. The van der Waals surface area contributed by atoms with Crippen LogP contribution in [0.3, 0.4) is 0 Å². The second-order valence-corrected chi connectivity index (χ2v) is 6.81. The van der Waals surface area contributed by atoms with Gasteiger partial charge in [-0.1, -0.05) is 31.0 Å². The zero-order chi connectivity index (χ0) is 20.1. The number of nitriles is 1. The highest BCUT2D eigenvalue weighted by atomic mass is 35.5. The Kier molecular flexibility index (Phi) is 6.13. The van der Waals surface area contributed by atoms with Crippen molar-refractivity contribution < 1.29 is 4.74 Å². The van der Waals surface area contributed by atoms with Crippen LogP contribution in [0.2, 0.25) is 5.02 Å². The first-order valence-electron chi connectivity index (χ1n) is 9.08. The summed E-state index contributed by atoms with van der Waals surface area (Å²) in [7, 11) is 0. The van der Waals surface area contributed by atoms with Crippen LogP contribution in [0.5, 0.6) is 11.5 Å². The predicted molar refractivity (Wildman–Crippen MR) is 110 cm³/mol. The molecule has 3 rings (SSSR count). The lowest BCUT2D eigenvalue weighted by Crippen LogP contribution is -2.22. The van der Waals surface area contributed by atoms with Crippen LogP contribution in [0.15, 0.2) is 53.6 Å². The summed E-state index contributed by atoms with van der Waals surface area (Å²) >= 11 is 6.40. The minimum Gasteiger partial charge on any atom is -0.454 e. The van der Waals surface area contributed by atoms with E-state index in [9.17, 15) is 10.1 Å². The van der Waals surface area contributed by atoms with Gasteiger partial charge < -0.3 is 9.30 Å². The Morgan fingerprint density at radius 3 is 2.75 bits per heavy atom. The first-order valence-corrected chi connectivity index (χ1v) is 9.46. The number of nitrogens with zero attached hydrogens (tertiary/aromatic N) is 3. The van der Waals surface area contributed by atoms with E-state index in [4.69, 9.17) is 16.3 Å². The standard InChI is InChI=1S/C22H20ClN3O2/c1-3-4-11-26-12-9-17(18(14-24)22(26)27)16-7-8-21(19(23)13-16)28-20-6-5-10-25-15(20)2/h5-10,12-13H,3-4,11H2,1-2H3. The summed E-state index contributed by atoms with van der Waals surface area (Å²) in [4.78, 5) is 16.8.